The minimum Gasteiger partial charge on any atom is -0.447 e. The second kappa shape index (κ2) is 6.88. The van der Waals surface area contributed by atoms with Crippen molar-refractivity contribution in [2.45, 2.75) is 24.9 Å². The van der Waals surface area contributed by atoms with E-state index in [2.05, 4.69) is 10.3 Å². The molecule has 30 heavy (non-hydrogen) atoms. The number of benzene rings is 1. The molecule has 0 saturated carbocycles. The van der Waals surface area contributed by atoms with Crippen molar-refractivity contribution in [3.63, 3.8) is 0 Å². The normalized spacial score (nSPS) is 25.3. The molecule has 1 amide bonds. The first kappa shape index (κ1) is 19.2. The van der Waals surface area contributed by atoms with Gasteiger partial charge in [-0.25, -0.2) is 14.2 Å². The Morgan fingerprint density at radius 3 is 2.93 bits per heavy atom. The van der Waals surface area contributed by atoms with Gasteiger partial charge < -0.3 is 15.0 Å². The third-order valence-electron chi connectivity index (χ3n) is 5.49. The van der Waals surface area contributed by atoms with Crippen LogP contribution in [0.4, 0.5) is 9.18 Å². The van der Waals surface area contributed by atoms with E-state index in [1.54, 1.807) is 12.3 Å². The number of hydrogen-bond acceptors (Lipinski definition) is 7. The van der Waals surface area contributed by atoms with Gasteiger partial charge in [0.15, 0.2) is 16.6 Å². The van der Waals surface area contributed by atoms with Crippen LogP contribution < -0.4 is 5.32 Å². The van der Waals surface area contributed by atoms with E-state index in [4.69, 9.17) is 21.3 Å². The lowest BCUT2D eigenvalue weighted by Crippen LogP contribution is -2.47. The highest BCUT2D eigenvalue weighted by atomic mass is 35.5. The molecule has 3 aliphatic heterocycles. The van der Waals surface area contributed by atoms with Gasteiger partial charge in [0.25, 0.3) is 0 Å². The van der Waals surface area contributed by atoms with Gasteiger partial charge in [0.2, 0.25) is 0 Å². The van der Waals surface area contributed by atoms with Crippen molar-refractivity contribution >= 4 is 40.6 Å². The number of nitrogens with zero attached hydrogens (tertiary/aromatic N) is 3. The summed E-state index contributed by atoms with van der Waals surface area (Å²) in [6.07, 6.45) is 1.61. The van der Waals surface area contributed by atoms with Gasteiger partial charge in [0.05, 0.1) is 6.54 Å². The first-order valence-electron chi connectivity index (χ1n) is 9.26. The Bertz CT molecular complexity index is 1130. The standard InChI is InChI=1S/C20H16ClFN4O3S/c1-10(27)15-14-7-20(9-29-19(28)25-20)8-26(14)17(18-23-4-5-30-18)24-16(15)12-3-2-11(22)6-13(12)21/h2-6,16H,7-9H2,1H3,(H,25,28)/t16-,20-/m0/s1. The molecule has 3 aliphatic rings. The van der Waals surface area contributed by atoms with Crippen molar-refractivity contribution in [2.75, 3.05) is 13.2 Å². The van der Waals surface area contributed by atoms with Crippen molar-refractivity contribution in [3.8, 4) is 0 Å². The average Bonchev–Trinajstić information content (AvgIpc) is 3.41. The van der Waals surface area contributed by atoms with Crippen LogP contribution in [0.25, 0.3) is 0 Å². The van der Waals surface area contributed by atoms with E-state index >= 15 is 0 Å². The molecule has 0 aliphatic carbocycles. The van der Waals surface area contributed by atoms with Crippen molar-refractivity contribution < 1.29 is 18.7 Å². The largest absolute Gasteiger partial charge is 0.447 e. The number of fused-ring (bicyclic) bond motifs is 1. The number of carbonyl (C=O) groups excluding carboxylic acids is 2. The number of rotatable bonds is 3. The zero-order valence-corrected chi connectivity index (χ0v) is 17.4. The molecule has 4 heterocycles. The monoisotopic (exact) mass is 446 g/mol. The van der Waals surface area contributed by atoms with E-state index in [9.17, 15) is 14.0 Å². The van der Waals surface area contributed by atoms with Crippen LogP contribution in [0.15, 0.2) is 46.0 Å². The highest BCUT2D eigenvalue weighted by Crippen LogP contribution is 2.45. The van der Waals surface area contributed by atoms with Crippen molar-refractivity contribution in [2.24, 2.45) is 4.99 Å². The summed E-state index contributed by atoms with van der Waals surface area (Å²) >= 11 is 7.76. The molecule has 5 rings (SSSR count). The number of aromatic nitrogens is 1. The number of Topliss-reactive ketones (excluding diaryl/α,β-unsaturated/α-hetero) is 1. The summed E-state index contributed by atoms with van der Waals surface area (Å²) in [7, 11) is 0. The number of ether oxygens (including phenoxy) is 1. The van der Waals surface area contributed by atoms with Gasteiger partial charge in [-0.3, -0.25) is 9.79 Å². The lowest BCUT2D eigenvalue weighted by Gasteiger charge is -2.32. The Morgan fingerprint density at radius 1 is 1.47 bits per heavy atom. The number of nitrogens with one attached hydrogen (secondary N) is 1. The van der Waals surface area contributed by atoms with Crippen molar-refractivity contribution in [1.29, 1.82) is 0 Å². The van der Waals surface area contributed by atoms with Gasteiger partial charge in [-0.05, 0) is 19.1 Å². The van der Waals surface area contributed by atoms with Gasteiger partial charge in [-0.15, -0.1) is 11.3 Å². The van der Waals surface area contributed by atoms with E-state index in [0.717, 1.165) is 5.70 Å². The molecule has 0 radical (unpaired) electrons. The number of hydrogen-bond donors (Lipinski definition) is 1. The Hall–Kier alpha value is -2.78. The Morgan fingerprint density at radius 2 is 2.30 bits per heavy atom. The van der Waals surface area contributed by atoms with E-state index in [0.29, 0.717) is 34.9 Å². The molecule has 1 spiro atoms. The van der Waals surface area contributed by atoms with Crippen LogP contribution in [0, 0.1) is 5.82 Å². The lowest BCUT2D eigenvalue weighted by atomic mass is 9.90. The van der Waals surface area contributed by atoms with E-state index in [1.165, 1.54) is 30.4 Å². The van der Waals surface area contributed by atoms with Gasteiger partial charge in [0, 0.05) is 39.9 Å². The predicted molar refractivity (Wildman–Crippen MR) is 109 cm³/mol. The maximum absolute atomic E-state index is 13.7. The number of amidine groups is 1. The smallest absolute Gasteiger partial charge is 0.407 e. The fourth-order valence-electron chi connectivity index (χ4n) is 4.25. The first-order chi connectivity index (χ1) is 14.4. The zero-order chi connectivity index (χ0) is 21.0. The summed E-state index contributed by atoms with van der Waals surface area (Å²) in [4.78, 5) is 35.7. The summed E-state index contributed by atoms with van der Waals surface area (Å²) in [5, 5.41) is 5.61. The Labute approximate surface area is 180 Å². The number of amides is 1. The highest BCUT2D eigenvalue weighted by molar-refractivity contribution is 7.11. The predicted octanol–water partition coefficient (Wildman–Crippen LogP) is 3.46. The lowest BCUT2D eigenvalue weighted by molar-refractivity contribution is -0.114. The minimum atomic E-state index is -0.700. The molecule has 2 saturated heterocycles. The molecule has 2 fully saturated rings. The summed E-state index contributed by atoms with van der Waals surface area (Å²) in [5.74, 6) is -0.0361. The molecule has 2 atom stereocenters. The van der Waals surface area contributed by atoms with Gasteiger partial charge in [-0.2, -0.15) is 0 Å². The number of halogens is 2. The molecule has 1 aromatic heterocycles. The zero-order valence-electron chi connectivity index (χ0n) is 15.8. The minimum absolute atomic E-state index is 0.162. The topological polar surface area (TPSA) is 83.9 Å². The average molecular weight is 447 g/mol. The van der Waals surface area contributed by atoms with Gasteiger partial charge in [0.1, 0.15) is 24.0 Å². The van der Waals surface area contributed by atoms with Gasteiger partial charge in [-0.1, -0.05) is 17.7 Å². The molecule has 0 bridgehead atoms. The fourth-order valence-corrected chi connectivity index (χ4v) is 5.16. The summed E-state index contributed by atoms with van der Waals surface area (Å²) < 4.78 is 18.8. The number of alkyl carbamates (subject to hydrolysis) is 1. The Balaban J connectivity index is 1.70. The van der Waals surface area contributed by atoms with E-state index in [1.807, 2.05) is 10.3 Å². The number of aliphatic imine (C=N–C) groups is 1. The molecule has 154 valence electrons. The fraction of sp³-hybridized carbons (Fsp3) is 0.300. The van der Waals surface area contributed by atoms with E-state index in [-0.39, 0.29) is 17.4 Å². The maximum Gasteiger partial charge on any atom is 0.407 e. The summed E-state index contributed by atoms with van der Waals surface area (Å²) in [5.41, 5.74) is 1.12. The molecule has 1 aromatic carbocycles. The van der Waals surface area contributed by atoms with Crippen LogP contribution in [0.3, 0.4) is 0 Å². The van der Waals surface area contributed by atoms with Crippen LogP contribution in [-0.2, 0) is 9.53 Å². The molecule has 2 aromatic rings. The van der Waals surface area contributed by atoms with Gasteiger partial charge >= 0.3 is 6.09 Å². The molecule has 10 heteroatoms. The first-order valence-corrected chi connectivity index (χ1v) is 10.5. The second-order valence-corrected chi connectivity index (χ2v) is 8.82. The molecule has 7 nitrogen and oxygen atoms in total. The molecule has 1 N–H and O–H groups in total. The van der Waals surface area contributed by atoms with E-state index < -0.39 is 23.5 Å². The van der Waals surface area contributed by atoms with Crippen LogP contribution in [-0.4, -0.2) is 46.3 Å². The van der Waals surface area contributed by atoms with Crippen LogP contribution in [0.5, 0.6) is 0 Å². The molecular weight excluding hydrogens is 431 g/mol. The molecular formula is C20H16ClFN4O3S. The Kier molecular flexibility index (Phi) is 4.41. The summed E-state index contributed by atoms with van der Waals surface area (Å²) in [6.45, 7) is 2.08. The maximum atomic E-state index is 13.7. The van der Waals surface area contributed by atoms with Crippen molar-refractivity contribution in [3.05, 3.63) is 62.5 Å². The quantitative estimate of drug-likeness (QED) is 0.780. The van der Waals surface area contributed by atoms with Crippen LogP contribution in [0.1, 0.15) is 30.0 Å². The third kappa shape index (κ3) is 3.00. The highest BCUT2D eigenvalue weighted by Gasteiger charge is 2.52. The SMILES string of the molecule is CC(=O)C1=C2C[C@@]3(COC(=O)N3)CN2C(c2nccs2)=N[C@H]1c1ccc(F)cc1Cl. The number of carbonyl (C=O) groups is 2. The molecule has 0 unspecified atom stereocenters. The van der Waals surface area contributed by atoms with Crippen LogP contribution >= 0.6 is 22.9 Å². The second-order valence-electron chi connectivity index (χ2n) is 7.52. The van der Waals surface area contributed by atoms with Crippen LogP contribution in [0.2, 0.25) is 5.02 Å². The third-order valence-corrected chi connectivity index (χ3v) is 6.59. The number of thiazole rings is 1. The number of cyclic esters (lactones) is 1. The van der Waals surface area contributed by atoms with Crippen molar-refractivity contribution in [1.82, 2.24) is 15.2 Å². The number of ketones is 1. The summed E-state index contributed by atoms with van der Waals surface area (Å²) in [6, 6.07) is 3.37.